The first-order valence-electron chi connectivity index (χ1n) is 3.68. The predicted molar refractivity (Wildman–Crippen MR) is 53.8 cm³/mol. The second-order valence-corrected chi connectivity index (χ2v) is 2.29. The van der Waals surface area contributed by atoms with Crippen molar-refractivity contribution in [1.82, 2.24) is 0 Å². The maximum absolute atomic E-state index is 5.39. The van der Waals surface area contributed by atoms with E-state index in [1.807, 2.05) is 19.1 Å². The molecule has 0 aromatic heterocycles. The first-order valence-corrected chi connectivity index (χ1v) is 3.68. The third kappa shape index (κ3) is 4.46. The molecule has 4 N–H and O–H groups in total. The van der Waals surface area contributed by atoms with E-state index in [2.05, 4.69) is 11.6 Å². The molecule has 66 valence electrons. The van der Waals surface area contributed by atoms with Crippen LogP contribution in [-0.2, 0) is 0 Å². The summed E-state index contributed by atoms with van der Waals surface area (Å²) in [5.41, 5.74) is 12.3. The molecule has 0 aromatic carbocycles. The molecule has 0 aliphatic heterocycles. The van der Waals surface area contributed by atoms with Gasteiger partial charge in [-0.25, -0.2) is 4.99 Å². The molecule has 0 saturated heterocycles. The Morgan fingerprint density at radius 3 is 2.58 bits per heavy atom. The molecule has 0 rings (SSSR count). The lowest BCUT2D eigenvalue weighted by Crippen LogP contribution is -1.98. The highest BCUT2D eigenvalue weighted by atomic mass is 14.8. The van der Waals surface area contributed by atoms with Crippen LogP contribution in [0.25, 0.3) is 0 Å². The number of hydrogen-bond donors (Lipinski definition) is 2. The Balaban J connectivity index is 4.39. The van der Waals surface area contributed by atoms with Gasteiger partial charge in [0.1, 0.15) is 0 Å². The van der Waals surface area contributed by atoms with Crippen molar-refractivity contribution in [3.63, 3.8) is 0 Å². The standard InChI is InChI=1S/C9H15N3/c1-3-9(12-7-11)5-4-8(2)6-10/h3-5,7H,1,6,10H2,2H3,(H2,11,12)/b8-4+,9-5+. The Hall–Kier alpha value is -1.35. The van der Waals surface area contributed by atoms with Gasteiger partial charge in [0.25, 0.3) is 0 Å². The second kappa shape index (κ2) is 6.37. The molecule has 0 saturated carbocycles. The fraction of sp³-hybridized carbons (Fsp3) is 0.222. The van der Waals surface area contributed by atoms with Gasteiger partial charge in [-0.3, -0.25) is 0 Å². The smallest absolute Gasteiger partial charge is 0.0860 e. The zero-order chi connectivity index (χ0) is 9.40. The second-order valence-electron chi connectivity index (χ2n) is 2.29. The van der Waals surface area contributed by atoms with Gasteiger partial charge >= 0.3 is 0 Å². The molecule has 3 nitrogen and oxygen atoms in total. The summed E-state index contributed by atoms with van der Waals surface area (Å²) in [6, 6.07) is 0. The summed E-state index contributed by atoms with van der Waals surface area (Å²) in [5.74, 6) is 0. The van der Waals surface area contributed by atoms with Gasteiger partial charge in [-0.1, -0.05) is 18.2 Å². The predicted octanol–water partition coefficient (Wildman–Crippen LogP) is 0.948. The van der Waals surface area contributed by atoms with Gasteiger partial charge in [0.2, 0.25) is 0 Å². The maximum Gasteiger partial charge on any atom is 0.0860 e. The van der Waals surface area contributed by atoms with E-state index in [9.17, 15) is 0 Å². The van der Waals surface area contributed by atoms with Crippen LogP contribution in [0, 0.1) is 0 Å². The first-order chi connectivity index (χ1) is 5.74. The van der Waals surface area contributed by atoms with Crippen LogP contribution >= 0.6 is 0 Å². The van der Waals surface area contributed by atoms with Crippen molar-refractivity contribution in [2.24, 2.45) is 16.5 Å². The van der Waals surface area contributed by atoms with Gasteiger partial charge in [0, 0.05) is 6.54 Å². The molecule has 0 aliphatic rings. The lowest BCUT2D eigenvalue weighted by Gasteiger charge is -1.92. The van der Waals surface area contributed by atoms with Gasteiger partial charge in [0.15, 0.2) is 0 Å². The van der Waals surface area contributed by atoms with E-state index >= 15 is 0 Å². The van der Waals surface area contributed by atoms with E-state index in [-0.39, 0.29) is 0 Å². The minimum Gasteiger partial charge on any atom is -0.390 e. The topological polar surface area (TPSA) is 64.4 Å². The summed E-state index contributed by atoms with van der Waals surface area (Å²) in [5, 5.41) is 0. The van der Waals surface area contributed by atoms with Gasteiger partial charge < -0.3 is 11.5 Å². The van der Waals surface area contributed by atoms with Crippen LogP contribution in [0.1, 0.15) is 6.92 Å². The van der Waals surface area contributed by atoms with Crippen molar-refractivity contribution in [3.05, 3.63) is 36.1 Å². The van der Waals surface area contributed by atoms with Crippen molar-refractivity contribution < 1.29 is 0 Å². The van der Waals surface area contributed by atoms with Crippen molar-refractivity contribution in [3.8, 4) is 0 Å². The zero-order valence-corrected chi connectivity index (χ0v) is 7.33. The summed E-state index contributed by atoms with van der Waals surface area (Å²) in [4.78, 5) is 3.86. The summed E-state index contributed by atoms with van der Waals surface area (Å²) >= 11 is 0. The van der Waals surface area contributed by atoms with Crippen LogP contribution in [0.3, 0.4) is 0 Å². The van der Waals surface area contributed by atoms with Gasteiger partial charge in [-0.15, -0.1) is 0 Å². The highest BCUT2D eigenvalue weighted by Gasteiger charge is 1.83. The lowest BCUT2D eigenvalue weighted by molar-refractivity contribution is 1.14. The van der Waals surface area contributed by atoms with E-state index < -0.39 is 0 Å². The van der Waals surface area contributed by atoms with Crippen LogP contribution in [0.5, 0.6) is 0 Å². The van der Waals surface area contributed by atoms with Crippen molar-refractivity contribution >= 4 is 6.34 Å². The average Bonchev–Trinajstić information content (AvgIpc) is 2.11. The fourth-order valence-electron chi connectivity index (χ4n) is 0.546. The summed E-state index contributed by atoms with van der Waals surface area (Å²) in [7, 11) is 0. The molecule has 0 bridgehead atoms. The maximum atomic E-state index is 5.39. The summed E-state index contributed by atoms with van der Waals surface area (Å²) in [6.07, 6.45) is 6.57. The molecule has 3 heteroatoms. The largest absolute Gasteiger partial charge is 0.390 e. The Bertz CT molecular complexity index is 224. The number of allylic oxidation sites excluding steroid dienone is 3. The normalized spacial score (nSPS) is 13.8. The lowest BCUT2D eigenvalue weighted by atomic mass is 10.2. The van der Waals surface area contributed by atoms with E-state index in [0.717, 1.165) is 11.3 Å². The van der Waals surface area contributed by atoms with Crippen LogP contribution < -0.4 is 11.5 Å². The molecule has 0 heterocycles. The first kappa shape index (κ1) is 10.7. The fourth-order valence-corrected chi connectivity index (χ4v) is 0.546. The van der Waals surface area contributed by atoms with Gasteiger partial charge in [-0.2, -0.15) is 0 Å². The molecule has 0 spiro atoms. The molecule has 0 aliphatic carbocycles. The SMILES string of the molecule is C=C/C(=C\C=C(/C)CN)N=CN. The molecule has 0 fully saturated rings. The molecule has 0 amide bonds. The third-order valence-electron chi connectivity index (χ3n) is 1.29. The number of nitrogens with zero attached hydrogens (tertiary/aromatic N) is 1. The van der Waals surface area contributed by atoms with Gasteiger partial charge in [0.05, 0.1) is 12.0 Å². The minimum atomic E-state index is 0.549. The third-order valence-corrected chi connectivity index (χ3v) is 1.29. The summed E-state index contributed by atoms with van der Waals surface area (Å²) in [6.45, 7) is 6.08. The van der Waals surface area contributed by atoms with Crippen molar-refractivity contribution in [2.75, 3.05) is 6.54 Å². The Morgan fingerprint density at radius 1 is 1.50 bits per heavy atom. The van der Waals surface area contributed by atoms with Crippen LogP contribution in [0.15, 0.2) is 41.1 Å². The Morgan fingerprint density at radius 2 is 2.17 bits per heavy atom. The van der Waals surface area contributed by atoms with E-state index in [0.29, 0.717) is 6.54 Å². The quantitative estimate of drug-likeness (QED) is 0.370. The Labute approximate surface area is 73.2 Å². The molecular weight excluding hydrogens is 150 g/mol. The minimum absolute atomic E-state index is 0.549. The highest BCUT2D eigenvalue weighted by molar-refractivity contribution is 5.54. The number of rotatable bonds is 4. The van der Waals surface area contributed by atoms with Crippen molar-refractivity contribution in [2.45, 2.75) is 6.92 Å². The van der Waals surface area contributed by atoms with E-state index in [1.54, 1.807) is 6.08 Å². The molecule has 0 unspecified atom stereocenters. The number of nitrogens with two attached hydrogens (primary N) is 2. The highest BCUT2D eigenvalue weighted by Crippen LogP contribution is 1.98. The molecular formula is C9H15N3. The van der Waals surface area contributed by atoms with Crippen LogP contribution in [-0.4, -0.2) is 12.9 Å². The molecule has 0 atom stereocenters. The van der Waals surface area contributed by atoms with Gasteiger partial charge in [-0.05, 0) is 19.1 Å². The average molecular weight is 165 g/mol. The molecule has 12 heavy (non-hydrogen) atoms. The van der Waals surface area contributed by atoms with Crippen molar-refractivity contribution in [1.29, 1.82) is 0 Å². The monoisotopic (exact) mass is 165 g/mol. The zero-order valence-electron chi connectivity index (χ0n) is 7.33. The Kier molecular flexibility index (Phi) is 5.65. The molecule has 0 aromatic rings. The van der Waals surface area contributed by atoms with E-state index in [4.69, 9.17) is 11.5 Å². The van der Waals surface area contributed by atoms with Crippen LogP contribution in [0.4, 0.5) is 0 Å². The number of hydrogen-bond acceptors (Lipinski definition) is 2. The van der Waals surface area contributed by atoms with E-state index in [1.165, 1.54) is 6.34 Å². The summed E-state index contributed by atoms with van der Waals surface area (Å²) < 4.78 is 0. The number of aliphatic imine (C=N–C) groups is 1. The van der Waals surface area contributed by atoms with Crippen LogP contribution in [0.2, 0.25) is 0 Å². The molecule has 0 radical (unpaired) electrons.